The van der Waals surface area contributed by atoms with E-state index in [1.807, 2.05) is 0 Å². The van der Waals surface area contributed by atoms with E-state index >= 15 is 0 Å². The van der Waals surface area contributed by atoms with Gasteiger partial charge in [0, 0.05) is 18.7 Å². The molecule has 0 saturated carbocycles. The van der Waals surface area contributed by atoms with E-state index in [2.05, 4.69) is 5.32 Å². The van der Waals surface area contributed by atoms with Crippen LogP contribution in [0, 0.1) is 0 Å². The van der Waals surface area contributed by atoms with Gasteiger partial charge in [-0.05, 0) is 31.2 Å². The second-order valence-electron chi connectivity index (χ2n) is 6.91. The Bertz CT molecular complexity index is 1050. The summed E-state index contributed by atoms with van der Waals surface area (Å²) >= 11 is 0. The Morgan fingerprint density at radius 1 is 1.13 bits per heavy atom. The van der Waals surface area contributed by atoms with Crippen LogP contribution in [0.15, 0.2) is 40.8 Å². The number of benzene rings is 1. The van der Waals surface area contributed by atoms with Crippen LogP contribution < -0.4 is 5.32 Å². The first-order valence-corrected chi connectivity index (χ1v) is 10.9. The standard InChI is InChI=1S/C19H19F3N2O5S/c1-12(18(26)24-7-9-30(27,28)10-8-24)23-17(25)16-6-5-15(29-16)13-3-2-4-14(11-13)19(20,21)22/h2-6,11-12H,7-10H2,1H3,(H,23,25). The highest BCUT2D eigenvalue weighted by molar-refractivity contribution is 7.91. The lowest BCUT2D eigenvalue weighted by Crippen LogP contribution is -2.51. The summed E-state index contributed by atoms with van der Waals surface area (Å²) in [5, 5.41) is 2.46. The van der Waals surface area contributed by atoms with Gasteiger partial charge in [0.05, 0.1) is 17.1 Å². The molecule has 0 radical (unpaired) electrons. The molecule has 7 nitrogen and oxygen atoms in total. The Morgan fingerprint density at radius 2 is 1.80 bits per heavy atom. The summed E-state index contributed by atoms with van der Waals surface area (Å²) in [5.74, 6) is -1.48. The second-order valence-corrected chi connectivity index (χ2v) is 9.22. The molecule has 0 bridgehead atoms. The molecule has 11 heteroatoms. The fourth-order valence-corrected chi connectivity index (χ4v) is 4.20. The van der Waals surface area contributed by atoms with Crippen LogP contribution in [-0.4, -0.2) is 55.8 Å². The van der Waals surface area contributed by atoms with Gasteiger partial charge in [0.2, 0.25) is 5.91 Å². The summed E-state index contributed by atoms with van der Waals surface area (Å²) in [6.45, 7) is 1.57. The molecule has 1 aliphatic rings. The lowest BCUT2D eigenvalue weighted by Gasteiger charge is -2.29. The lowest BCUT2D eigenvalue weighted by atomic mass is 10.1. The number of amides is 2. The molecule has 3 rings (SSSR count). The summed E-state index contributed by atoms with van der Waals surface area (Å²) in [6, 6.07) is 6.24. The monoisotopic (exact) mass is 444 g/mol. The zero-order valence-corrected chi connectivity index (χ0v) is 16.7. The Labute approximate surface area is 170 Å². The summed E-state index contributed by atoms with van der Waals surface area (Å²) < 4.78 is 66.9. The van der Waals surface area contributed by atoms with Crippen LogP contribution in [0.25, 0.3) is 11.3 Å². The topological polar surface area (TPSA) is 96.7 Å². The van der Waals surface area contributed by atoms with Crippen molar-refractivity contribution in [3.63, 3.8) is 0 Å². The van der Waals surface area contributed by atoms with Gasteiger partial charge in [-0.2, -0.15) is 13.2 Å². The van der Waals surface area contributed by atoms with Gasteiger partial charge < -0.3 is 14.6 Å². The molecule has 0 spiro atoms. The lowest BCUT2D eigenvalue weighted by molar-refractivity contribution is -0.137. The van der Waals surface area contributed by atoms with Crippen LogP contribution in [0.4, 0.5) is 13.2 Å². The van der Waals surface area contributed by atoms with Gasteiger partial charge >= 0.3 is 6.18 Å². The van der Waals surface area contributed by atoms with E-state index in [-0.39, 0.29) is 41.7 Å². The van der Waals surface area contributed by atoms with Gasteiger partial charge in [-0.3, -0.25) is 9.59 Å². The molecule has 0 aliphatic carbocycles. The van der Waals surface area contributed by atoms with Crippen LogP contribution in [0.3, 0.4) is 0 Å². The zero-order chi connectivity index (χ0) is 22.1. The molecular formula is C19H19F3N2O5S. The molecule has 2 heterocycles. The van der Waals surface area contributed by atoms with Gasteiger partial charge in [-0.15, -0.1) is 0 Å². The number of rotatable bonds is 4. The van der Waals surface area contributed by atoms with Crippen LogP contribution in [0.2, 0.25) is 0 Å². The van der Waals surface area contributed by atoms with E-state index in [1.54, 1.807) is 0 Å². The molecule has 2 aromatic rings. The van der Waals surface area contributed by atoms with Crippen molar-refractivity contribution in [2.24, 2.45) is 0 Å². The molecule has 1 saturated heterocycles. The summed E-state index contributed by atoms with van der Waals surface area (Å²) in [5.41, 5.74) is -0.687. The smallest absolute Gasteiger partial charge is 0.416 e. The first-order chi connectivity index (χ1) is 14.0. The van der Waals surface area contributed by atoms with Crippen molar-refractivity contribution in [3.8, 4) is 11.3 Å². The SMILES string of the molecule is CC(NC(=O)c1ccc(-c2cccc(C(F)(F)F)c2)o1)C(=O)N1CCS(=O)(=O)CC1. The fraction of sp³-hybridized carbons (Fsp3) is 0.368. The molecule has 2 amide bonds. The molecule has 1 N–H and O–H groups in total. The number of nitrogens with one attached hydrogen (secondary N) is 1. The van der Waals surface area contributed by atoms with Crippen molar-refractivity contribution in [2.75, 3.05) is 24.6 Å². The number of carbonyl (C=O) groups excluding carboxylic acids is 2. The number of carbonyl (C=O) groups is 2. The molecule has 1 unspecified atom stereocenters. The van der Waals surface area contributed by atoms with Crippen molar-refractivity contribution in [3.05, 3.63) is 47.7 Å². The van der Waals surface area contributed by atoms with E-state index in [0.29, 0.717) is 0 Å². The zero-order valence-electron chi connectivity index (χ0n) is 15.9. The largest absolute Gasteiger partial charge is 0.451 e. The highest BCUT2D eigenvalue weighted by atomic mass is 32.2. The number of nitrogens with zero attached hydrogens (tertiary/aromatic N) is 1. The van der Waals surface area contributed by atoms with Crippen molar-refractivity contribution < 1.29 is 35.6 Å². The first kappa shape index (κ1) is 21.9. The van der Waals surface area contributed by atoms with Crippen LogP contribution in [0.1, 0.15) is 23.0 Å². The Kier molecular flexibility index (Phi) is 5.93. The Hall–Kier alpha value is -2.82. The van der Waals surface area contributed by atoms with E-state index in [1.165, 1.54) is 36.1 Å². The normalized spacial score (nSPS) is 17.4. The number of hydrogen-bond acceptors (Lipinski definition) is 5. The number of furan rings is 1. The minimum atomic E-state index is -4.51. The molecular weight excluding hydrogens is 425 g/mol. The predicted octanol–water partition coefficient (Wildman–Crippen LogP) is 2.34. The van der Waals surface area contributed by atoms with Crippen LogP contribution >= 0.6 is 0 Å². The Morgan fingerprint density at radius 3 is 2.43 bits per heavy atom. The van der Waals surface area contributed by atoms with Gasteiger partial charge in [0.15, 0.2) is 15.6 Å². The van der Waals surface area contributed by atoms with E-state index < -0.39 is 39.4 Å². The third kappa shape index (κ3) is 5.02. The molecule has 1 aromatic carbocycles. The van der Waals surface area contributed by atoms with E-state index in [4.69, 9.17) is 4.42 Å². The van der Waals surface area contributed by atoms with Gasteiger partial charge in [-0.1, -0.05) is 12.1 Å². The summed E-state index contributed by atoms with van der Waals surface area (Å²) in [7, 11) is -3.14. The summed E-state index contributed by atoms with van der Waals surface area (Å²) in [6.07, 6.45) is -4.51. The van der Waals surface area contributed by atoms with Crippen LogP contribution in [0.5, 0.6) is 0 Å². The minimum Gasteiger partial charge on any atom is -0.451 e. The second kappa shape index (κ2) is 8.13. The van der Waals surface area contributed by atoms with Gasteiger partial charge in [0.1, 0.15) is 11.8 Å². The molecule has 1 aromatic heterocycles. The molecule has 162 valence electrons. The quantitative estimate of drug-likeness (QED) is 0.781. The van der Waals surface area contributed by atoms with E-state index in [9.17, 15) is 31.2 Å². The first-order valence-electron chi connectivity index (χ1n) is 9.04. The van der Waals surface area contributed by atoms with Crippen molar-refractivity contribution in [1.82, 2.24) is 10.2 Å². The predicted molar refractivity (Wildman–Crippen MR) is 101 cm³/mol. The van der Waals surface area contributed by atoms with Crippen LogP contribution in [-0.2, 0) is 20.8 Å². The molecule has 1 atom stereocenters. The Balaban J connectivity index is 1.66. The van der Waals surface area contributed by atoms with Crippen molar-refractivity contribution in [2.45, 2.75) is 19.1 Å². The highest BCUT2D eigenvalue weighted by Crippen LogP contribution is 2.32. The minimum absolute atomic E-state index is 0.0574. The molecule has 1 fully saturated rings. The third-order valence-corrected chi connectivity index (χ3v) is 6.29. The maximum atomic E-state index is 12.9. The van der Waals surface area contributed by atoms with Gasteiger partial charge in [0.25, 0.3) is 5.91 Å². The maximum absolute atomic E-state index is 12.9. The number of halogens is 3. The number of sulfone groups is 1. The fourth-order valence-electron chi connectivity index (χ4n) is 3.00. The molecule has 30 heavy (non-hydrogen) atoms. The third-order valence-electron chi connectivity index (χ3n) is 4.68. The number of alkyl halides is 3. The van der Waals surface area contributed by atoms with Gasteiger partial charge in [-0.25, -0.2) is 8.42 Å². The number of hydrogen-bond donors (Lipinski definition) is 1. The maximum Gasteiger partial charge on any atom is 0.416 e. The van der Waals surface area contributed by atoms with Crippen molar-refractivity contribution in [1.29, 1.82) is 0 Å². The average molecular weight is 444 g/mol. The molecule has 1 aliphatic heterocycles. The highest BCUT2D eigenvalue weighted by Gasteiger charge is 2.31. The van der Waals surface area contributed by atoms with E-state index in [0.717, 1.165) is 12.1 Å². The average Bonchev–Trinajstić information content (AvgIpc) is 3.17. The van der Waals surface area contributed by atoms with Crippen molar-refractivity contribution >= 4 is 21.7 Å². The summed E-state index contributed by atoms with van der Waals surface area (Å²) in [4.78, 5) is 26.1.